The van der Waals surface area contributed by atoms with E-state index in [1.807, 2.05) is 18.2 Å². The van der Waals surface area contributed by atoms with Gasteiger partial charge >= 0.3 is 5.51 Å². The second-order valence-corrected chi connectivity index (χ2v) is 6.08. The average Bonchev–Trinajstić information content (AvgIpc) is 2.65. The average molecular weight is 374 g/mol. The van der Waals surface area contributed by atoms with E-state index in [0.717, 1.165) is 15.5 Å². The Bertz CT molecular complexity index is 585. The maximum Gasteiger partial charge on any atom is 0.441 e. The molecular formula is C11H9BrClF3N2S. The number of halogens is 5. The van der Waals surface area contributed by atoms with Crippen LogP contribution in [-0.4, -0.2) is 20.8 Å². The van der Waals surface area contributed by atoms with Gasteiger partial charge in [-0.3, -0.25) is 0 Å². The minimum absolute atomic E-state index is 0.0383. The fraction of sp³-hybridized carbons (Fsp3) is 0.364. The number of aromatic nitrogens is 2. The molecule has 0 atom stereocenters. The number of benzene rings is 1. The molecule has 0 N–H and O–H groups in total. The summed E-state index contributed by atoms with van der Waals surface area (Å²) in [5.41, 5.74) is -2.69. The number of aryl methyl sites for hydroxylation is 1. The van der Waals surface area contributed by atoms with Crippen LogP contribution in [0, 0.1) is 0 Å². The molecule has 0 aliphatic rings. The van der Waals surface area contributed by atoms with Gasteiger partial charge in [0.05, 0.1) is 16.9 Å². The lowest BCUT2D eigenvalue weighted by atomic mass is 10.3. The van der Waals surface area contributed by atoms with E-state index in [2.05, 4.69) is 20.9 Å². The van der Waals surface area contributed by atoms with Crippen LogP contribution in [0.3, 0.4) is 0 Å². The Morgan fingerprint density at radius 1 is 1.37 bits per heavy atom. The van der Waals surface area contributed by atoms with Gasteiger partial charge in [0.2, 0.25) is 0 Å². The Kier molecular flexibility index (Phi) is 4.68. The van der Waals surface area contributed by atoms with E-state index in [1.54, 1.807) is 4.57 Å². The van der Waals surface area contributed by atoms with Crippen molar-refractivity contribution in [3.63, 3.8) is 0 Å². The molecule has 0 aliphatic heterocycles. The van der Waals surface area contributed by atoms with Crippen molar-refractivity contribution in [3.05, 3.63) is 28.5 Å². The predicted molar refractivity (Wildman–Crippen MR) is 75.5 cm³/mol. The summed E-state index contributed by atoms with van der Waals surface area (Å²) < 4.78 is 39.0. The van der Waals surface area contributed by atoms with E-state index >= 15 is 0 Å². The third-order valence-corrected chi connectivity index (χ3v) is 3.94. The number of nitrogens with zero attached hydrogens (tertiary/aromatic N) is 2. The number of alkyl halides is 4. The Morgan fingerprint density at radius 2 is 2.11 bits per heavy atom. The van der Waals surface area contributed by atoms with E-state index in [0.29, 0.717) is 5.82 Å². The number of thioether (sulfide) groups is 1. The molecule has 2 rings (SSSR count). The Balaban J connectivity index is 2.25. The van der Waals surface area contributed by atoms with Gasteiger partial charge in [0, 0.05) is 16.8 Å². The monoisotopic (exact) mass is 372 g/mol. The summed E-state index contributed by atoms with van der Waals surface area (Å²) in [6, 6.07) is 5.47. The van der Waals surface area contributed by atoms with Crippen molar-refractivity contribution < 1.29 is 13.2 Å². The molecule has 1 aromatic carbocycles. The zero-order chi connectivity index (χ0) is 14.0. The fourth-order valence-corrected chi connectivity index (χ4v) is 2.82. The summed E-state index contributed by atoms with van der Waals surface area (Å²) >= 11 is 9.08. The summed E-state index contributed by atoms with van der Waals surface area (Å²) in [4.78, 5) is 4.32. The molecule has 1 aromatic heterocycles. The molecule has 0 unspecified atom stereocenters. The summed E-state index contributed by atoms with van der Waals surface area (Å²) in [6.45, 7) is 0.227. The standard InChI is InChI=1S/C11H9BrClF3N2S/c12-7-1-2-9-8(5-7)17-10(6-13)18(9)3-4-19-11(14,15)16/h1-2,5H,3-4,6H2. The van der Waals surface area contributed by atoms with E-state index < -0.39 is 5.51 Å². The molecular weight excluding hydrogens is 365 g/mol. The maximum absolute atomic E-state index is 12.1. The third-order valence-electron chi connectivity index (χ3n) is 2.49. The number of fused-ring (bicyclic) bond motifs is 1. The van der Waals surface area contributed by atoms with Crippen molar-refractivity contribution in [1.82, 2.24) is 9.55 Å². The molecule has 1 heterocycles. The van der Waals surface area contributed by atoms with Crippen molar-refractivity contribution in [2.45, 2.75) is 17.9 Å². The van der Waals surface area contributed by atoms with Crippen molar-refractivity contribution in [2.75, 3.05) is 5.75 Å². The first-order chi connectivity index (χ1) is 8.90. The van der Waals surface area contributed by atoms with Gasteiger partial charge in [0.15, 0.2) is 0 Å². The fourth-order valence-electron chi connectivity index (χ4n) is 1.76. The Morgan fingerprint density at radius 3 is 2.74 bits per heavy atom. The lowest BCUT2D eigenvalue weighted by Gasteiger charge is -2.09. The second-order valence-electron chi connectivity index (χ2n) is 3.74. The van der Waals surface area contributed by atoms with Gasteiger partial charge in [0.25, 0.3) is 0 Å². The van der Waals surface area contributed by atoms with Crippen molar-refractivity contribution in [2.24, 2.45) is 0 Å². The summed E-state index contributed by atoms with van der Waals surface area (Å²) in [5.74, 6) is 0.690. The zero-order valence-electron chi connectivity index (χ0n) is 9.55. The first kappa shape index (κ1) is 15.0. The normalized spacial score (nSPS) is 12.3. The van der Waals surface area contributed by atoms with Crippen molar-refractivity contribution >= 4 is 50.3 Å². The van der Waals surface area contributed by atoms with Crippen LogP contribution in [0.2, 0.25) is 0 Å². The van der Waals surface area contributed by atoms with Crippen LogP contribution in [0.1, 0.15) is 5.82 Å². The summed E-state index contributed by atoms with van der Waals surface area (Å²) in [7, 11) is 0. The van der Waals surface area contributed by atoms with Crippen LogP contribution in [0.25, 0.3) is 11.0 Å². The molecule has 2 aromatic rings. The minimum Gasteiger partial charge on any atom is -0.326 e. The second kappa shape index (κ2) is 5.93. The number of rotatable bonds is 4. The van der Waals surface area contributed by atoms with E-state index in [-0.39, 0.29) is 29.9 Å². The third kappa shape index (κ3) is 3.79. The molecule has 0 bridgehead atoms. The largest absolute Gasteiger partial charge is 0.441 e. The van der Waals surface area contributed by atoms with Crippen LogP contribution in [0.15, 0.2) is 22.7 Å². The van der Waals surface area contributed by atoms with Crippen LogP contribution in [0.5, 0.6) is 0 Å². The lowest BCUT2D eigenvalue weighted by Crippen LogP contribution is -2.08. The molecule has 0 amide bonds. The predicted octanol–water partition coefficient (Wildman–Crippen LogP) is 4.79. The maximum atomic E-state index is 12.1. The van der Waals surface area contributed by atoms with Crippen LogP contribution in [0.4, 0.5) is 13.2 Å². The van der Waals surface area contributed by atoms with Crippen LogP contribution >= 0.6 is 39.3 Å². The van der Waals surface area contributed by atoms with E-state index in [1.165, 1.54) is 0 Å². The molecule has 0 saturated carbocycles. The highest BCUT2D eigenvalue weighted by molar-refractivity contribution is 9.10. The molecule has 0 saturated heterocycles. The topological polar surface area (TPSA) is 17.8 Å². The molecule has 0 aliphatic carbocycles. The highest BCUT2D eigenvalue weighted by Crippen LogP contribution is 2.31. The Hall–Kier alpha value is -0.400. The van der Waals surface area contributed by atoms with E-state index in [9.17, 15) is 13.2 Å². The molecule has 0 radical (unpaired) electrons. The summed E-state index contributed by atoms with van der Waals surface area (Å²) in [5, 5.41) is 0. The smallest absolute Gasteiger partial charge is 0.326 e. The minimum atomic E-state index is -4.21. The molecule has 8 heteroatoms. The number of hydrogen-bond donors (Lipinski definition) is 0. The van der Waals surface area contributed by atoms with Gasteiger partial charge in [-0.25, -0.2) is 4.98 Å². The van der Waals surface area contributed by atoms with Gasteiger partial charge in [-0.05, 0) is 30.0 Å². The quantitative estimate of drug-likeness (QED) is 0.717. The van der Waals surface area contributed by atoms with Gasteiger partial charge in [0.1, 0.15) is 5.82 Å². The number of hydrogen-bond acceptors (Lipinski definition) is 2. The SMILES string of the molecule is FC(F)(F)SCCn1c(CCl)nc2cc(Br)ccc21. The first-order valence-corrected chi connectivity index (χ1v) is 7.63. The molecule has 2 nitrogen and oxygen atoms in total. The molecule has 19 heavy (non-hydrogen) atoms. The highest BCUT2D eigenvalue weighted by Gasteiger charge is 2.27. The van der Waals surface area contributed by atoms with Crippen LogP contribution in [-0.2, 0) is 12.4 Å². The van der Waals surface area contributed by atoms with Crippen molar-refractivity contribution in [3.8, 4) is 0 Å². The summed E-state index contributed by atoms with van der Waals surface area (Å²) in [6.07, 6.45) is 0. The molecule has 104 valence electrons. The van der Waals surface area contributed by atoms with Gasteiger partial charge in [-0.2, -0.15) is 13.2 Å². The number of imidazole rings is 1. The van der Waals surface area contributed by atoms with Crippen LogP contribution < -0.4 is 0 Å². The molecule has 0 spiro atoms. The van der Waals surface area contributed by atoms with Crippen molar-refractivity contribution in [1.29, 1.82) is 0 Å². The first-order valence-electron chi connectivity index (χ1n) is 5.32. The lowest BCUT2D eigenvalue weighted by molar-refractivity contribution is -0.0328. The molecule has 0 fully saturated rings. The Labute approximate surface area is 125 Å². The van der Waals surface area contributed by atoms with Gasteiger partial charge in [-0.15, -0.1) is 11.6 Å². The van der Waals surface area contributed by atoms with E-state index in [4.69, 9.17) is 11.6 Å². The van der Waals surface area contributed by atoms with Gasteiger partial charge < -0.3 is 4.57 Å². The van der Waals surface area contributed by atoms with Gasteiger partial charge in [-0.1, -0.05) is 15.9 Å². The zero-order valence-corrected chi connectivity index (χ0v) is 12.7. The highest BCUT2D eigenvalue weighted by atomic mass is 79.9.